The van der Waals surface area contributed by atoms with Gasteiger partial charge in [-0.15, -0.1) is 0 Å². The van der Waals surface area contributed by atoms with Crippen molar-refractivity contribution < 1.29 is 35.3 Å². The molecule has 0 aromatic rings. The van der Waals surface area contributed by atoms with Crippen molar-refractivity contribution in [3.63, 3.8) is 0 Å². The van der Waals surface area contributed by atoms with E-state index < -0.39 is 39.4 Å². The summed E-state index contributed by atoms with van der Waals surface area (Å²) in [6.45, 7) is 0. The van der Waals surface area contributed by atoms with Crippen molar-refractivity contribution in [1.29, 1.82) is 0 Å². The summed E-state index contributed by atoms with van der Waals surface area (Å²) in [7, 11) is -5.81. The molecule has 0 spiro atoms. The zero-order valence-electron chi connectivity index (χ0n) is 9.12. The highest BCUT2D eigenvalue weighted by atomic mass is 32.2. The summed E-state index contributed by atoms with van der Waals surface area (Å²) in [5, 5.41) is 0. The third-order valence-electron chi connectivity index (χ3n) is 2.41. The Morgan fingerprint density at radius 2 is 1.84 bits per heavy atom. The van der Waals surface area contributed by atoms with E-state index >= 15 is 0 Å². The van der Waals surface area contributed by atoms with E-state index in [1.54, 1.807) is 0 Å². The van der Waals surface area contributed by atoms with Crippen LogP contribution in [0.3, 0.4) is 0 Å². The van der Waals surface area contributed by atoms with Crippen LogP contribution in [-0.2, 0) is 23.8 Å². The Morgan fingerprint density at radius 1 is 1.21 bits per heavy atom. The Labute approximate surface area is 106 Å². The zero-order valence-corrected chi connectivity index (χ0v) is 9.94. The van der Waals surface area contributed by atoms with Crippen LogP contribution in [0.25, 0.3) is 0 Å². The van der Waals surface area contributed by atoms with Crippen LogP contribution in [0.15, 0.2) is 36.1 Å². The number of hydrogen-bond acceptors (Lipinski definition) is 5. The molecule has 5 nitrogen and oxygen atoms in total. The normalized spacial score (nSPS) is 26.5. The van der Waals surface area contributed by atoms with Crippen LogP contribution >= 0.6 is 0 Å². The summed E-state index contributed by atoms with van der Waals surface area (Å²) in [6, 6.07) is 0. The van der Waals surface area contributed by atoms with Gasteiger partial charge in [0.25, 0.3) is 0 Å². The van der Waals surface area contributed by atoms with E-state index in [0.717, 1.165) is 0 Å². The van der Waals surface area contributed by atoms with Crippen LogP contribution in [0.4, 0.5) is 13.2 Å². The molecule has 0 aromatic carbocycles. The van der Waals surface area contributed by atoms with E-state index in [9.17, 15) is 26.4 Å². The molecule has 0 amide bonds. The van der Waals surface area contributed by atoms with Crippen molar-refractivity contribution in [1.82, 2.24) is 0 Å². The Kier molecular flexibility index (Phi) is 3.17. The Bertz CT molecular complexity index is 585. The number of carbonyl (C=O) groups is 1. The van der Waals surface area contributed by atoms with Crippen LogP contribution in [0.5, 0.6) is 0 Å². The number of ether oxygens (including phenoxy) is 1. The van der Waals surface area contributed by atoms with Gasteiger partial charge in [0.2, 0.25) is 0 Å². The second-order valence-corrected chi connectivity index (χ2v) is 5.26. The van der Waals surface area contributed by atoms with E-state index in [1.165, 1.54) is 24.3 Å². The number of fused-ring (bicyclic) bond motifs is 1. The molecule has 0 bridgehead atoms. The molecule has 19 heavy (non-hydrogen) atoms. The molecular weight excluding hydrogens is 289 g/mol. The van der Waals surface area contributed by atoms with Gasteiger partial charge in [0.1, 0.15) is 11.9 Å². The summed E-state index contributed by atoms with van der Waals surface area (Å²) in [6.07, 6.45) is 5.52. The predicted molar refractivity (Wildman–Crippen MR) is 55.8 cm³/mol. The lowest BCUT2D eigenvalue weighted by molar-refractivity contribution is -0.144. The molecule has 2 unspecified atom stereocenters. The third-order valence-corrected chi connectivity index (χ3v) is 3.39. The average Bonchev–Trinajstić information content (AvgIpc) is 2.26. The molecule has 1 heterocycles. The van der Waals surface area contributed by atoms with Crippen molar-refractivity contribution in [2.75, 3.05) is 0 Å². The first-order valence-corrected chi connectivity index (χ1v) is 6.39. The highest BCUT2D eigenvalue weighted by molar-refractivity contribution is 7.87. The van der Waals surface area contributed by atoms with E-state index in [0.29, 0.717) is 6.08 Å². The predicted octanol–water partition coefficient (Wildman–Crippen LogP) is 1.40. The summed E-state index contributed by atoms with van der Waals surface area (Å²) in [4.78, 5) is 11.2. The molecule has 1 aliphatic heterocycles. The van der Waals surface area contributed by atoms with Crippen molar-refractivity contribution in [2.45, 2.75) is 11.6 Å². The molecule has 1 aliphatic carbocycles. The SMILES string of the molecule is O=C1C=C(OS(=O)(=O)C(F)(F)F)C2C=CC=CC2O1. The van der Waals surface area contributed by atoms with Crippen LogP contribution in [0.2, 0.25) is 0 Å². The first-order chi connectivity index (χ1) is 8.71. The van der Waals surface area contributed by atoms with Crippen molar-refractivity contribution in [3.05, 3.63) is 36.1 Å². The Hall–Kier alpha value is -1.77. The monoisotopic (exact) mass is 296 g/mol. The maximum absolute atomic E-state index is 12.2. The number of halogens is 3. The lowest BCUT2D eigenvalue weighted by atomic mass is 9.93. The largest absolute Gasteiger partial charge is 0.534 e. The molecular formula is C10H7F3O5S. The van der Waals surface area contributed by atoms with E-state index in [2.05, 4.69) is 4.18 Å². The highest BCUT2D eigenvalue weighted by Gasteiger charge is 2.50. The summed E-state index contributed by atoms with van der Waals surface area (Å²) in [5.74, 6) is -2.47. The van der Waals surface area contributed by atoms with Gasteiger partial charge >= 0.3 is 21.6 Å². The number of rotatable bonds is 2. The van der Waals surface area contributed by atoms with Gasteiger partial charge < -0.3 is 8.92 Å². The lowest BCUT2D eigenvalue weighted by Gasteiger charge is -2.28. The van der Waals surface area contributed by atoms with Gasteiger partial charge in [-0.05, 0) is 6.08 Å². The topological polar surface area (TPSA) is 69.7 Å². The van der Waals surface area contributed by atoms with Crippen molar-refractivity contribution in [3.8, 4) is 0 Å². The second-order valence-electron chi connectivity index (χ2n) is 3.73. The minimum atomic E-state index is -5.81. The van der Waals surface area contributed by atoms with Gasteiger partial charge in [-0.1, -0.05) is 18.2 Å². The first kappa shape index (κ1) is 13.7. The number of carbonyl (C=O) groups excluding carboxylic acids is 1. The molecule has 0 fully saturated rings. The molecule has 0 N–H and O–H groups in total. The molecule has 104 valence electrons. The highest BCUT2D eigenvalue weighted by Crippen LogP contribution is 2.34. The maximum Gasteiger partial charge on any atom is 0.534 e. The molecule has 2 aliphatic rings. The minimum absolute atomic E-state index is 0.591. The van der Waals surface area contributed by atoms with Crippen molar-refractivity contribution >= 4 is 16.1 Å². The summed E-state index contributed by atoms with van der Waals surface area (Å²) >= 11 is 0. The molecule has 2 rings (SSSR count). The fraction of sp³-hybridized carbons (Fsp3) is 0.300. The maximum atomic E-state index is 12.2. The number of allylic oxidation sites excluding steroid dienone is 2. The molecule has 0 saturated heterocycles. The fourth-order valence-electron chi connectivity index (χ4n) is 1.59. The quantitative estimate of drug-likeness (QED) is 0.438. The summed E-state index contributed by atoms with van der Waals surface area (Å²) < 4.78 is 67.3. The molecule has 9 heteroatoms. The zero-order chi connectivity index (χ0) is 14.3. The van der Waals surface area contributed by atoms with Gasteiger partial charge in [-0.3, -0.25) is 0 Å². The number of esters is 1. The van der Waals surface area contributed by atoms with Gasteiger partial charge in [-0.25, -0.2) is 4.79 Å². The van der Waals surface area contributed by atoms with Crippen LogP contribution in [-0.4, -0.2) is 26.0 Å². The van der Waals surface area contributed by atoms with Gasteiger partial charge in [0, 0.05) is 0 Å². The van der Waals surface area contributed by atoms with Crippen molar-refractivity contribution in [2.24, 2.45) is 5.92 Å². The van der Waals surface area contributed by atoms with E-state index in [4.69, 9.17) is 4.74 Å². The smallest absolute Gasteiger partial charge is 0.454 e. The molecule has 0 radical (unpaired) electrons. The standard InChI is InChI=1S/C10H7F3O5S/c11-10(12,13)19(15,16)18-8-5-9(14)17-7-4-2-1-3-6(7)8/h1-7H. The van der Waals surface area contributed by atoms with E-state index in [1.807, 2.05) is 0 Å². The Balaban J connectivity index is 2.31. The molecule has 0 aromatic heterocycles. The molecule has 2 atom stereocenters. The minimum Gasteiger partial charge on any atom is -0.454 e. The number of hydrogen-bond donors (Lipinski definition) is 0. The van der Waals surface area contributed by atoms with Gasteiger partial charge in [-0.2, -0.15) is 21.6 Å². The Morgan fingerprint density at radius 3 is 2.47 bits per heavy atom. The van der Waals surface area contributed by atoms with Gasteiger partial charge in [0.05, 0.1) is 12.0 Å². The fourth-order valence-corrected chi connectivity index (χ4v) is 2.10. The average molecular weight is 296 g/mol. The molecule has 0 saturated carbocycles. The number of alkyl halides is 3. The van der Waals surface area contributed by atoms with Crippen LogP contribution < -0.4 is 0 Å². The van der Waals surface area contributed by atoms with Crippen LogP contribution in [0.1, 0.15) is 0 Å². The first-order valence-electron chi connectivity index (χ1n) is 4.99. The van der Waals surface area contributed by atoms with Gasteiger partial charge in [0.15, 0.2) is 0 Å². The second kappa shape index (κ2) is 4.41. The van der Waals surface area contributed by atoms with E-state index in [-0.39, 0.29) is 0 Å². The summed E-state index contributed by atoms with van der Waals surface area (Å²) in [5.41, 5.74) is -5.56. The lowest BCUT2D eigenvalue weighted by Crippen LogP contribution is -2.34. The third kappa shape index (κ3) is 2.65. The van der Waals surface area contributed by atoms with Crippen LogP contribution in [0, 0.1) is 5.92 Å².